The molecule has 2 aliphatic heterocycles. The molecule has 1 saturated heterocycles. The summed E-state index contributed by atoms with van der Waals surface area (Å²) in [7, 11) is 0. The van der Waals surface area contributed by atoms with Crippen molar-refractivity contribution in [1.82, 2.24) is 9.58 Å². The minimum atomic E-state index is -0.977. The van der Waals surface area contributed by atoms with Crippen LogP contribution in [0.25, 0.3) is 0 Å². The Morgan fingerprint density at radius 1 is 1.31 bits per heavy atom. The van der Waals surface area contributed by atoms with Crippen LogP contribution in [0.15, 0.2) is 23.1 Å². The first-order chi connectivity index (χ1) is 15.3. The molecule has 2 aromatic rings. The number of ether oxygens (including phenoxy) is 1. The van der Waals surface area contributed by atoms with E-state index in [1.165, 1.54) is 21.8 Å². The van der Waals surface area contributed by atoms with Gasteiger partial charge in [-0.15, -0.1) is 0 Å². The third-order valence-electron chi connectivity index (χ3n) is 5.72. The average Bonchev–Trinajstić information content (AvgIpc) is 2.79. The minimum absolute atomic E-state index is 0.0223. The molecule has 1 aromatic heterocycles. The van der Waals surface area contributed by atoms with Gasteiger partial charge in [-0.3, -0.25) is 24.1 Å². The summed E-state index contributed by atoms with van der Waals surface area (Å²) < 4.78 is 34.3. The van der Waals surface area contributed by atoms with Crippen molar-refractivity contribution in [2.75, 3.05) is 31.3 Å². The molecule has 2 aliphatic rings. The molecule has 1 amide bonds. The number of carbonyl (C=O) groups excluding carboxylic acids is 2. The molecule has 0 saturated carbocycles. The molecule has 0 spiro atoms. The van der Waals surface area contributed by atoms with Crippen molar-refractivity contribution < 1.29 is 28.2 Å². The van der Waals surface area contributed by atoms with Gasteiger partial charge in [0.25, 0.3) is 5.91 Å². The Bertz CT molecular complexity index is 1170. The molecule has 1 atom stereocenters. The smallest absolute Gasteiger partial charge is 0.278 e. The number of fused-ring (bicyclic) bond motifs is 3. The Kier molecular flexibility index (Phi) is 5.91. The van der Waals surface area contributed by atoms with Crippen molar-refractivity contribution in [3.8, 4) is 5.75 Å². The van der Waals surface area contributed by atoms with E-state index in [-0.39, 0.29) is 36.3 Å². The maximum atomic E-state index is 14.1. The van der Waals surface area contributed by atoms with Crippen molar-refractivity contribution in [2.45, 2.75) is 25.9 Å². The number of halogens is 3. The first-order valence-electron chi connectivity index (χ1n) is 10.1. The van der Waals surface area contributed by atoms with E-state index < -0.39 is 45.7 Å². The largest absolute Gasteiger partial charge is 0.502 e. The number of aromatic nitrogens is 1. The van der Waals surface area contributed by atoms with E-state index in [4.69, 9.17) is 16.3 Å². The molecule has 0 aliphatic carbocycles. The number of rotatable bonds is 5. The average molecular weight is 468 g/mol. The Labute approximate surface area is 186 Å². The summed E-state index contributed by atoms with van der Waals surface area (Å²) in [6.07, 6.45) is 0.370. The number of nitrogens with zero attached hydrogens (tertiary/aromatic N) is 3. The number of morpholine rings is 1. The number of Topliss-reactive ketones (excluding diaryl/α,β-unsaturated/α-hetero) is 1. The zero-order valence-corrected chi connectivity index (χ0v) is 17.9. The lowest BCUT2D eigenvalue weighted by molar-refractivity contribution is 0.00573. The van der Waals surface area contributed by atoms with Gasteiger partial charge in [-0.1, -0.05) is 17.7 Å². The van der Waals surface area contributed by atoms with E-state index in [1.54, 1.807) is 11.9 Å². The molecule has 8 nitrogen and oxygen atoms in total. The third kappa shape index (κ3) is 3.53. The van der Waals surface area contributed by atoms with E-state index in [2.05, 4.69) is 0 Å². The minimum Gasteiger partial charge on any atom is -0.502 e. The SMILES string of the molecule is CCN1C(=O)c2c(O)c(=O)c(C(=O)CCc3ccc(F)c(Cl)c3F)cn2N2CCOC[C@@H]12. The van der Waals surface area contributed by atoms with Crippen LogP contribution in [0, 0.1) is 11.6 Å². The van der Waals surface area contributed by atoms with Crippen LogP contribution in [0.2, 0.25) is 5.02 Å². The third-order valence-corrected chi connectivity index (χ3v) is 6.06. The standard InChI is InChI=1S/C21H20ClF2N3O5/c1-2-25-15-10-32-8-7-26(15)27-9-12(19(29)20(30)18(27)21(25)31)14(28)6-4-11-3-5-13(23)16(22)17(11)24/h3,5,9,15,30H,2,4,6-8,10H2,1H3/t15-/m0/s1. The van der Waals surface area contributed by atoms with Gasteiger partial charge in [0.15, 0.2) is 17.2 Å². The summed E-state index contributed by atoms with van der Waals surface area (Å²) in [6, 6.07) is 2.17. The highest BCUT2D eigenvalue weighted by molar-refractivity contribution is 6.30. The summed E-state index contributed by atoms with van der Waals surface area (Å²) >= 11 is 5.57. The van der Waals surface area contributed by atoms with E-state index >= 15 is 0 Å². The van der Waals surface area contributed by atoms with E-state index in [0.29, 0.717) is 19.7 Å². The number of likely N-dealkylation sites (N-methyl/N-ethyl adjacent to an activating group) is 1. The fraction of sp³-hybridized carbons (Fsp3) is 0.381. The molecule has 11 heteroatoms. The molecule has 0 radical (unpaired) electrons. The zero-order chi connectivity index (χ0) is 23.2. The van der Waals surface area contributed by atoms with Crippen LogP contribution < -0.4 is 10.4 Å². The Morgan fingerprint density at radius 2 is 2.06 bits per heavy atom. The number of carbonyl (C=O) groups is 2. The maximum Gasteiger partial charge on any atom is 0.278 e. The molecule has 4 rings (SSSR count). The fourth-order valence-electron chi connectivity index (χ4n) is 4.04. The summed E-state index contributed by atoms with van der Waals surface area (Å²) in [5, 5.41) is 11.6. The van der Waals surface area contributed by atoms with Crippen molar-refractivity contribution >= 4 is 23.3 Å². The van der Waals surface area contributed by atoms with Crippen LogP contribution in [0.4, 0.5) is 8.78 Å². The van der Waals surface area contributed by atoms with Crippen molar-refractivity contribution in [1.29, 1.82) is 0 Å². The van der Waals surface area contributed by atoms with Crippen LogP contribution in [-0.2, 0) is 11.2 Å². The quantitative estimate of drug-likeness (QED) is 0.534. The number of hydrogen-bond acceptors (Lipinski definition) is 6. The van der Waals surface area contributed by atoms with Gasteiger partial charge in [-0.2, -0.15) is 0 Å². The van der Waals surface area contributed by atoms with E-state index in [0.717, 1.165) is 6.07 Å². The summed E-state index contributed by atoms with van der Waals surface area (Å²) in [5.41, 5.74) is -1.50. The van der Waals surface area contributed by atoms with Gasteiger partial charge < -0.3 is 14.7 Å². The highest BCUT2D eigenvalue weighted by Crippen LogP contribution is 2.27. The fourth-order valence-corrected chi connectivity index (χ4v) is 4.23. The van der Waals surface area contributed by atoms with Crippen molar-refractivity contribution in [3.63, 3.8) is 0 Å². The number of benzene rings is 1. The second kappa shape index (κ2) is 8.51. The molecule has 32 heavy (non-hydrogen) atoms. The monoisotopic (exact) mass is 467 g/mol. The van der Waals surface area contributed by atoms with Gasteiger partial charge in [0.05, 0.1) is 25.3 Å². The van der Waals surface area contributed by atoms with Gasteiger partial charge in [0.2, 0.25) is 5.43 Å². The van der Waals surface area contributed by atoms with Crippen LogP contribution in [-0.4, -0.2) is 58.8 Å². The lowest BCUT2D eigenvalue weighted by atomic mass is 10.0. The summed E-state index contributed by atoms with van der Waals surface area (Å²) in [6.45, 7) is 3.08. The molecular formula is C21H20ClF2N3O5. The van der Waals surface area contributed by atoms with Crippen LogP contribution >= 0.6 is 11.6 Å². The van der Waals surface area contributed by atoms with E-state index in [9.17, 15) is 28.3 Å². The Balaban J connectivity index is 1.69. The molecule has 0 bridgehead atoms. The van der Waals surface area contributed by atoms with Crippen molar-refractivity contribution in [3.05, 3.63) is 62.0 Å². The highest BCUT2D eigenvalue weighted by Gasteiger charge is 2.41. The molecule has 3 heterocycles. The van der Waals surface area contributed by atoms with E-state index in [1.807, 2.05) is 0 Å². The number of aryl methyl sites for hydroxylation is 1. The van der Waals surface area contributed by atoms with Gasteiger partial charge in [0, 0.05) is 19.2 Å². The predicted octanol–water partition coefficient (Wildman–Crippen LogP) is 2.07. The van der Waals surface area contributed by atoms with Gasteiger partial charge in [0.1, 0.15) is 22.8 Å². The highest BCUT2D eigenvalue weighted by atomic mass is 35.5. The number of ketones is 1. The number of aromatic hydroxyl groups is 1. The zero-order valence-electron chi connectivity index (χ0n) is 17.1. The molecule has 1 aromatic carbocycles. The Morgan fingerprint density at radius 3 is 2.78 bits per heavy atom. The normalized spacial score (nSPS) is 17.9. The number of amides is 1. The summed E-state index contributed by atoms with van der Waals surface area (Å²) in [4.78, 5) is 39.9. The van der Waals surface area contributed by atoms with Gasteiger partial charge >= 0.3 is 0 Å². The maximum absolute atomic E-state index is 14.1. The van der Waals surface area contributed by atoms with Crippen molar-refractivity contribution in [2.24, 2.45) is 0 Å². The lowest BCUT2D eigenvalue weighted by Gasteiger charge is -2.48. The molecule has 170 valence electrons. The second-order valence-electron chi connectivity index (χ2n) is 7.48. The van der Waals surface area contributed by atoms with Crippen LogP contribution in [0.1, 0.15) is 39.8 Å². The molecular weight excluding hydrogens is 448 g/mol. The first-order valence-corrected chi connectivity index (χ1v) is 10.4. The summed E-state index contributed by atoms with van der Waals surface area (Å²) in [5.74, 6) is -3.90. The number of pyridine rings is 1. The second-order valence-corrected chi connectivity index (χ2v) is 7.86. The lowest BCUT2D eigenvalue weighted by Crippen LogP contribution is -2.65. The topological polar surface area (TPSA) is 92.1 Å². The molecule has 1 N–H and O–H groups in total. The molecule has 1 fully saturated rings. The van der Waals surface area contributed by atoms with Crippen LogP contribution in [0.5, 0.6) is 5.75 Å². The van der Waals surface area contributed by atoms with Gasteiger partial charge in [-0.25, -0.2) is 8.78 Å². The predicted molar refractivity (Wildman–Crippen MR) is 111 cm³/mol. The van der Waals surface area contributed by atoms with Gasteiger partial charge in [-0.05, 0) is 25.0 Å². The van der Waals surface area contributed by atoms with Crippen LogP contribution in [0.3, 0.4) is 0 Å². The molecule has 0 unspecified atom stereocenters. The first kappa shape index (κ1) is 22.2. The number of hydrogen-bond donors (Lipinski definition) is 1. The Hall–Kier alpha value is -2.98.